The normalized spacial score (nSPS) is 18.2. The Morgan fingerprint density at radius 1 is 1.40 bits per heavy atom. The molecule has 1 aromatic carbocycles. The van der Waals surface area contributed by atoms with Crippen LogP contribution in [0.3, 0.4) is 0 Å². The van der Waals surface area contributed by atoms with Gasteiger partial charge in [-0.3, -0.25) is 4.79 Å². The number of thioether (sulfide) groups is 1. The van der Waals surface area contributed by atoms with Crippen molar-refractivity contribution in [3.63, 3.8) is 0 Å². The van der Waals surface area contributed by atoms with Crippen molar-refractivity contribution < 1.29 is 4.79 Å². The van der Waals surface area contributed by atoms with Crippen LogP contribution in [0.15, 0.2) is 23.1 Å². The molecule has 0 saturated carbocycles. The van der Waals surface area contributed by atoms with Crippen molar-refractivity contribution in [1.82, 2.24) is 0 Å². The molecule has 1 heterocycles. The molecule has 0 saturated heterocycles. The first-order valence-electron chi connectivity index (χ1n) is 5.16. The van der Waals surface area contributed by atoms with Gasteiger partial charge in [0, 0.05) is 4.90 Å². The molecule has 0 aromatic heterocycles. The lowest BCUT2D eigenvalue weighted by atomic mass is 10.1. The molecule has 0 spiro atoms. The van der Waals surface area contributed by atoms with E-state index < -0.39 is 0 Å². The zero-order chi connectivity index (χ0) is 11.1. The highest BCUT2D eigenvalue weighted by Gasteiger charge is 2.34. The van der Waals surface area contributed by atoms with Crippen molar-refractivity contribution in [2.75, 3.05) is 5.32 Å². The number of rotatable bonds is 1. The third-order valence-corrected chi connectivity index (χ3v) is 3.87. The monoisotopic (exact) mass is 221 g/mol. The summed E-state index contributed by atoms with van der Waals surface area (Å²) in [5.41, 5.74) is 2.26. The van der Waals surface area contributed by atoms with Gasteiger partial charge in [-0.05, 0) is 38.0 Å². The summed E-state index contributed by atoms with van der Waals surface area (Å²) >= 11 is 1.64. The van der Waals surface area contributed by atoms with Crippen LogP contribution in [0, 0.1) is 0 Å². The fraction of sp³-hybridized carbons (Fsp3) is 0.417. The van der Waals surface area contributed by atoms with Gasteiger partial charge in [0.1, 0.15) is 0 Å². The van der Waals surface area contributed by atoms with Gasteiger partial charge in [-0.2, -0.15) is 0 Å². The quantitative estimate of drug-likeness (QED) is 0.789. The van der Waals surface area contributed by atoms with E-state index in [2.05, 4.69) is 24.4 Å². The molecule has 2 nitrogen and oxygen atoms in total. The molecule has 2 rings (SSSR count). The molecule has 80 valence electrons. The van der Waals surface area contributed by atoms with E-state index in [0.29, 0.717) is 0 Å². The molecule has 1 aliphatic rings. The van der Waals surface area contributed by atoms with E-state index in [9.17, 15) is 4.79 Å². The Balaban J connectivity index is 2.42. The first-order valence-corrected chi connectivity index (χ1v) is 5.98. The Hall–Kier alpha value is -0.960. The molecule has 0 atom stereocenters. The number of hydrogen-bond donors (Lipinski definition) is 1. The van der Waals surface area contributed by atoms with Gasteiger partial charge in [-0.15, -0.1) is 11.8 Å². The summed E-state index contributed by atoms with van der Waals surface area (Å²) in [5.74, 6) is 0.0873. The second-order valence-corrected chi connectivity index (χ2v) is 5.92. The molecule has 0 unspecified atom stereocenters. The lowest BCUT2D eigenvalue weighted by Crippen LogP contribution is -2.37. The zero-order valence-electron chi connectivity index (χ0n) is 9.26. The van der Waals surface area contributed by atoms with Gasteiger partial charge in [0.05, 0.1) is 10.4 Å². The summed E-state index contributed by atoms with van der Waals surface area (Å²) in [5, 5.41) is 2.94. The first-order chi connectivity index (χ1) is 7.03. The van der Waals surface area contributed by atoms with Crippen molar-refractivity contribution in [1.29, 1.82) is 0 Å². The molecule has 1 aromatic rings. The second kappa shape index (κ2) is 3.56. The van der Waals surface area contributed by atoms with Gasteiger partial charge in [-0.1, -0.05) is 13.0 Å². The van der Waals surface area contributed by atoms with Crippen LogP contribution in [0.2, 0.25) is 0 Å². The molecule has 1 aliphatic heterocycles. The fourth-order valence-electron chi connectivity index (χ4n) is 1.57. The number of nitrogens with one attached hydrogen (secondary N) is 1. The summed E-state index contributed by atoms with van der Waals surface area (Å²) in [6.45, 7) is 6.04. The van der Waals surface area contributed by atoms with Gasteiger partial charge in [0.2, 0.25) is 5.91 Å². The van der Waals surface area contributed by atoms with Crippen LogP contribution in [-0.2, 0) is 11.2 Å². The summed E-state index contributed by atoms with van der Waals surface area (Å²) in [6, 6.07) is 6.23. The Morgan fingerprint density at radius 2 is 2.13 bits per heavy atom. The largest absolute Gasteiger partial charge is 0.324 e. The van der Waals surface area contributed by atoms with E-state index in [1.54, 1.807) is 11.8 Å². The van der Waals surface area contributed by atoms with Crippen LogP contribution in [0.4, 0.5) is 5.69 Å². The van der Waals surface area contributed by atoms with Crippen LogP contribution in [0.25, 0.3) is 0 Å². The molecule has 1 N–H and O–H groups in total. The van der Waals surface area contributed by atoms with Crippen molar-refractivity contribution in [2.24, 2.45) is 0 Å². The molecule has 3 heteroatoms. The van der Waals surface area contributed by atoms with Gasteiger partial charge < -0.3 is 5.32 Å². The number of aryl methyl sites for hydroxylation is 1. The van der Waals surface area contributed by atoms with Crippen LogP contribution in [-0.4, -0.2) is 10.7 Å². The number of carbonyl (C=O) groups is 1. The molecule has 1 amide bonds. The first kappa shape index (κ1) is 10.6. The highest BCUT2D eigenvalue weighted by atomic mass is 32.2. The predicted molar refractivity (Wildman–Crippen MR) is 64.4 cm³/mol. The molecule has 15 heavy (non-hydrogen) atoms. The average molecular weight is 221 g/mol. The maximum Gasteiger partial charge on any atom is 0.240 e. The van der Waals surface area contributed by atoms with Crippen LogP contribution in [0.5, 0.6) is 0 Å². The van der Waals surface area contributed by atoms with E-state index in [-0.39, 0.29) is 10.7 Å². The van der Waals surface area contributed by atoms with Gasteiger partial charge in [0.25, 0.3) is 0 Å². The lowest BCUT2D eigenvalue weighted by Gasteiger charge is -2.29. The number of amides is 1. The van der Waals surface area contributed by atoms with Crippen molar-refractivity contribution in [3.05, 3.63) is 23.8 Å². The second-order valence-electron chi connectivity index (χ2n) is 4.25. The Bertz CT molecular complexity index is 412. The van der Waals surface area contributed by atoms with E-state index in [1.807, 2.05) is 19.9 Å². The SMILES string of the molecule is CCc1ccc2c(c1)SC(C)(C)C(=O)N2. The number of anilines is 1. The summed E-state index contributed by atoms with van der Waals surface area (Å²) < 4.78 is -0.362. The van der Waals surface area contributed by atoms with Crippen molar-refractivity contribution in [2.45, 2.75) is 36.8 Å². The number of carbonyl (C=O) groups excluding carboxylic acids is 1. The van der Waals surface area contributed by atoms with Crippen LogP contribution >= 0.6 is 11.8 Å². The Kier molecular flexibility index (Phi) is 2.51. The van der Waals surface area contributed by atoms with E-state index in [4.69, 9.17) is 0 Å². The summed E-state index contributed by atoms with van der Waals surface area (Å²) in [6.07, 6.45) is 1.03. The van der Waals surface area contributed by atoms with Crippen LogP contribution < -0.4 is 5.32 Å². The standard InChI is InChI=1S/C12H15NOS/c1-4-8-5-6-9-10(7-8)15-12(2,3)11(14)13-9/h5-7H,4H2,1-3H3,(H,13,14). The van der Waals surface area contributed by atoms with E-state index in [1.165, 1.54) is 10.5 Å². The highest BCUT2D eigenvalue weighted by Crippen LogP contribution is 2.42. The number of benzene rings is 1. The molecule has 0 fully saturated rings. The molecular weight excluding hydrogens is 206 g/mol. The number of hydrogen-bond acceptors (Lipinski definition) is 2. The van der Waals surface area contributed by atoms with E-state index >= 15 is 0 Å². The highest BCUT2D eigenvalue weighted by molar-refractivity contribution is 8.01. The smallest absolute Gasteiger partial charge is 0.240 e. The third-order valence-electron chi connectivity index (χ3n) is 2.61. The zero-order valence-corrected chi connectivity index (χ0v) is 10.1. The topological polar surface area (TPSA) is 29.1 Å². The van der Waals surface area contributed by atoms with Gasteiger partial charge >= 0.3 is 0 Å². The number of fused-ring (bicyclic) bond motifs is 1. The minimum Gasteiger partial charge on any atom is -0.324 e. The lowest BCUT2D eigenvalue weighted by molar-refractivity contribution is -0.117. The fourth-order valence-corrected chi connectivity index (χ4v) is 2.70. The van der Waals surface area contributed by atoms with Crippen LogP contribution in [0.1, 0.15) is 26.3 Å². The minimum absolute atomic E-state index is 0.0873. The van der Waals surface area contributed by atoms with Crippen molar-refractivity contribution >= 4 is 23.4 Å². The maximum absolute atomic E-state index is 11.7. The summed E-state index contributed by atoms with van der Waals surface area (Å²) in [7, 11) is 0. The van der Waals surface area contributed by atoms with Crippen molar-refractivity contribution in [3.8, 4) is 0 Å². The Morgan fingerprint density at radius 3 is 2.80 bits per heavy atom. The Labute approximate surface area is 94.4 Å². The maximum atomic E-state index is 11.7. The van der Waals surface area contributed by atoms with E-state index in [0.717, 1.165) is 12.1 Å². The molecule has 0 radical (unpaired) electrons. The molecule has 0 aliphatic carbocycles. The predicted octanol–water partition coefficient (Wildman–Crippen LogP) is 3.07. The summed E-state index contributed by atoms with van der Waals surface area (Å²) in [4.78, 5) is 12.9. The molecular formula is C12H15NOS. The minimum atomic E-state index is -0.362. The van der Waals surface area contributed by atoms with Gasteiger partial charge in [-0.25, -0.2) is 0 Å². The van der Waals surface area contributed by atoms with Gasteiger partial charge in [0.15, 0.2) is 0 Å². The molecule has 0 bridgehead atoms. The average Bonchev–Trinajstić information content (AvgIpc) is 2.18. The third kappa shape index (κ3) is 1.88.